The summed E-state index contributed by atoms with van der Waals surface area (Å²) in [6.07, 6.45) is -2.03. The lowest BCUT2D eigenvalue weighted by molar-refractivity contribution is -0.137. The number of amides is 1. The van der Waals surface area contributed by atoms with Crippen LogP contribution >= 0.6 is 0 Å². The molecule has 0 saturated heterocycles. The molecule has 1 heterocycles. The minimum absolute atomic E-state index is 0.0628. The molecule has 100 valence electrons. The third-order valence-electron chi connectivity index (χ3n) is 2.30. The highest BCUT2D eigenvalue weighted by atomic mass is 19.4. The van der Waals surface area contributed by atoms with Crippen LogP contribution in [0, 0.1) is 0 Å². The molecule has 0 radical (unpaired) electrons. The quantitative estimate of drug-likeness (QED) is 0.933. The molecular weight excluding hydrogens is 261 g/mol. The molecule has 0 bridgehead atoms. The van der Waals surface area contributed by atoms with Crippen molar-refractivity contribution in [2.75, 3.05) is 5.32 Å². The van der Waals surface area contributed by atoms with Crippen LogP contribution in [0.5, 0.6) is 0 Å². The van der Waals surface area contributed by atoms with E-state index in [4.69, 9.17) is 0 Å². The van der Waals surface area contributed by atoms with Crippen molar-refractivity contribution in [3.63, 3.8) is 0 Å². The molecule has 1 N–H and O–H groups in total. The average molecular weight is 270 g/mol. The third-order valence-corrected chi connectivity index (χ3v) is 2.30. The predicted octanol–water partition coefficient (Wildman–Crippen LogP) is 2.87. The zero-order valence-corrected chi connectivity index (χ0v) is 9.57. The van der Waals surface area contributed by atoms with Gasteiger partial charge in [0, 0.05) is 5.69 Å². The van der Waals surface area contributed by atoms with E-state index in [1.54, 1.807) is 0 Å². The largest absolute Gasteiger partial charge is 0.451 e. The lowest BCUT2D eigenvalue weighted by Crippen LogP contribution is -2.15. The van der Waals surface area contributed by atoms with E-state index >= 15 is 0 Å². The Morgan fingerprint density at radius 1 is 1.37 bits per heavy atom. The first-order valence-corrected chi connectivity index (χ1v) is 5.29. The van der Waals surface area contributed by atoms with Gasteiger partial charge in [-0.05, 0) is 18.2 Å². The minimum atomic E-state index is -4.44. The van der Waals surface area contributed by atoms with Crippen LogP contribution in [0.15, 0.2) is 41.3 Å². The van der Waals surface area contributed by atoms with Crippen molar-refractivity contribution < 1.29 is 22.4 Å². The van der Waals surface area contributed by atoms with Crippen LogP contribution in [0.3, 0.4) is 0 Å². The van der Waals surface area contributed by atoms with E-state index in [9.17, 15) is 18.0 Å². The van der Waals surface area contributed by atoms with Crippen molar-refractivity contribution in [2.24, 2.45) is 0 Å². The summed E-state index contributed by atoms with van der Waals surface area (Å²) in [5, 5.41) is 2.37. The highest BCUT2D eigenvalue weighted by Crippen LogP contribution is 2.30. The standard InChI is InChI=1S/C12H9F3N2O2/c13-12(14,15)8-2-1-3-9(4-8)17-11(18)5-10-6-19-7-16-10/h1-4,6-7H,5H2,(H,17,18). The lowest BCUT2D eigenvalue weighted by Gasteiger charge is -2.09. The van der Waals surface area contributed by atoms with E-state index in [-0.39, 0.29) is 12.1 Å². The van der Waals surface area contributed by atoms with Crippen LogP contribution in [-0.2, 0) is 17.4 Å². The number of oxazole rings is 1. The van der Waals surface area contributed by atoms with Gasteiger partial charge in [0.1, 0.15) is 6.26 Å². The second kappa shape index (κ2) is 5.13. The lowest BCUT2D eigenvalue weighted by atomic mass is 10.2. The summed E-state index contributed by atoms with van der Waals surface area (Å²) in [4.78, 5) is 15.3. The summed E-state index contributed by atoms with van der Waals surface area (Å²) in [5.41, 5.74) is -0.320. The fourth-order valence-electron chi connectivity index (χ4n) is 1.47. The number of hydrogen-bond donors (Lipinski definition) is 1. The highest BCUT2D eigenvalue weighted by Gasteiger charge is 2.30. The zero-order chi connectivity index (χ0) is 13.9. The Bertz CT molecular complexity index is 565. The van der Waals surface area contributed by atoms with Gasteiger partial charge in [0.25, 0.3) is 0 Å². The Labute approximate surface area is 106 Å². The van der Waals surface area contributed by atoms with Gasteiger partial charge in [-0.25, -0.2) is 4.98 Å². The molecule has 0 spiro atoms. The molecule has 2 aromatic rings. The van der Waals surface area contributed by atoms with Gasteiger partial charge in [-0.15, -0.1) is 0 Å². The first-order chi connectivity index (χ1) is 8.95. The minimum Gasteiger partial charge on any atom is -0.451 e. The number of benzene rings is 1. The second-order valence-electron chi connectivity index (χ2n) is 3.78. The van der Waals surface area contributed by atoms with E-state index in [0.717, 1.165) is 12.1 Å². The molecule has 1 aromatic heterocycles. The van der Waals surface area contributed by atoms with Crippen LogP contribution in [0.4, 0.5) is 18.9 Å². The summed E-state index contributed by atoms with van der Waals surface area (Å²) in [6.45, 7) is 0. The number of nitrogens with one attached hydrogen (secondary N) is 1. The molecule has 0 fully saturated rings. The first kappa shape index (κ1) is 13.1. The fourth-order valence-corrected chi connectivity index (χ4v) is 1.47. The van der Waals surface area contributed by atoms with Crippen molar-refractivity contribution in [1.29, 1.82) is 0 Å². The van der Waals surface area contributed by atoms with Crippen molar-refractivity contribution in [3.8, 4) is 0 Å². The number of rotatable bonds is 3. The van der Waals surface area contributed by atoms with Gasteiger partial charge in [-0.3, -0.25) is 4.79 Å². The maximum atomic E-state index is 12.5. The van der Waals surface area contributed by atoms with Gasteiger partial charge >= 0.3 is 6.18 Å². The van der Waals surface area contributed by atoms with E-state index in [1.807, 2.05) is 0 Å². The number of nitrogens with zero attached hydrogens (tertiary/aromatic N) is 1. The summed E-state index contributed by atoms with van der Waals surface area (Å²) < 4.78 is 42.1. The van der Waals surface area contributed by atoms with Crippen LogP contribution in [0.1, 0.15) is 11.3 Å². The summed E-state index contributed by atoms with van der Waals surface area (Å²) in [5.74, 6) is -0.465. The van der Waals surface area contributed by atoms with Gasteiger partial charge in [0.15, 0.2) is 6.39 Å². The summed E-state index contributed by atoms with van der Waals surface area (Å²) in [7, 11) is 0. The number of aromatic nitrogens is 1. The van der Waals surface area contributed by atoms with Gasteiger partial charge in [-0.2, -0.15) is 13.2 Å². The molecule has 0 aliphatic rings. The van der Waals surface area contributed by atoms with E-state index in [2.05, 4.69) is 14.7 Å². The molecule has 1 aromatic carbocycles. The predicted molar refractivity (Wildman–Crippen MR) is 60.3 cm³/mol. The molecule has 0 atom stereocenters. The Kier molecular flexibility index (Phi) is 3.55. The molecule has 0 aliphatic carbocycles. The van der Waals surface area contributed by atoms with Gasteiger partial charge in [-0.1, -0.05) is 6.07 Å². The van der Waals surface area contributed by atoms with Crippen LogP contribution < -0.4 is 5.32 Å². The highest BCUT2D eigenvalue weighted by molar-refractivity contribution is 5.92. The Morgan fingerprint density at radius 2 is 2.16 bits per heavy atom. The van der Waals surface area contributed by atoms with Crippen LogP contribution in [-0.4, -0.2) is 10.9 Å². The SMILES string of the molecule is O=C(Cc1cocn1)Nc1cccc(C(F)(F)F)c1. The van der Waals surface area contributed by atoms with E-state index in [0.29, 0.717) is 5.69 Å². The first-order valence-electron chi connectivity index (χ1n) is 5.29. The normalized spacial score (nSPS) is 11.3. The average Bonchev–Trinajstić information content (AvgIpc) is 2.80. The van der Waals surface area contributed by atoms with Gasteiger partial charge in [0.2, 0.25) is 5.91 Å². The fraction of sp³-hybridized carbons (Fsp3) is 0.167. The number of hydrogen-bond acceptors (Lipinski definition) is 3. The molecule has 19 heavy (non-hydrogen) atoms. The number of carbonyl (C=O) groups excluding carboxylic acids is 1. The van der Waals surface area contributed by atoms with Crippen molar-refractivity contribution in [2.45, 2.75) is 12.6 Å². The molecular formula is C12H9F3N2O2. The summed E-state index contributed by atoms with van der Waals surface area (Å²) in [6, 6.07) is 4.43. The Balaban J connectivity index is 2.05. The monoisotopic (exact) mass is 270 g/mol. The molecule has 4 nitrogen and oxygen atoms in total. The molecule has 2 rings (SSSR count). The van der Waals surface area contributed by atoms with Crippen molar-refractivity contribution in [3.05, 3.63) is 48.2 Å². The van der Waals surface area contributed by atoms with Gasteiger partial charge in [0.05, 0.1) is 17.7 Å². The molecule has 1 amide bonds. The molecule has 0 saturated carbocycles. The number of anilines is 1. The number of halogens is 3. The molecule has 7 heteroatoms. The number of carbonyl (C=O) groups is 1. The third kappa shape index (κ3) is 3.57. The van der Waals surface area contributed by atoms with Crippen LogP contribution in [0.2, 0.25) is 0 Å². The van der Waals surface area contributed by atoms with Gasteiger partial charge < -0.3 is 9.73 Å². The molecule has 0 unspecified atom stereocenters. The second-order valence-corrected chi connectivity index (χ2v) is 3.78. The summed E-state index contributed by atoms with van der Waals surface area (Å²) >= 11 is 0. The van der Waals surface area contributed by atoms with E-state index < -0.39 is 17.6 Å². The molecule has 0 aliphatic heterocycles. The Hall–Kier alpha value is -2.31. The van der Waals surface area contributed by atoms with E-state index in [1.165, 1.54) is 24.8 Å². The van der Waals surface area contributed by atoms with Crippen molar-refractivity contribution in [1.82, 2.24) is 4.98 Å². The van der Waals surface area contributed by atoms with Crippen LogP contribution in [0.25, 0.3) is 0 Å². The number of alkyl halides is 3. The Morgan fingerprint density at radius 3 is 2.79 bits per heavy atom. The smallest absolute Gasteiger partial charge is 0.416 e. The topological polar surface area (TPSA) is 55.1 Å². The zero-order valence-electron chi connectivity index (χ0n) is 9.57. The maximum absolute atomic E-state index is 12.5. The maximum Gasteiger partial charge on any atom is 0.416 e. The van der Waals surface area contributed by atoms with Crippen molar-refractivity contribution >= 4 is 11.6 Å².